The number of rotatable bonds is 4. The van der Waals surface area contributed by atoms with Crippen molar-refractivity contribution in [1.29, 1.82) is 0 Å². The number of morpholine rings is 1. The molecule has 2 aromatic rings. The third kappa shape index (κ3) is 4.02. The summed E-state index contributed by atoms with van der Waals surface area (Å²) in [6, 6.07) is 6.28. The summed E-state index contributed by atoms with van der Waals surface area (Å²) in [6.45, 7) is 10.4. The van der Waals surface area contributed by atoms with Crippen LogP contribution in [-0.2, 0) is 21.6 Å². The topological polar surface area (TPSA) is 68.6 Å². The SMILES string of the molecule is COc1ccc([C@H]2CC(=O)Nc3c2cnn3C(C)(C)C)cc1CN1CCOCC1. The molecule has 7 nitrogen and oxygen atoms in total. The Kier molecular flexibility index (Phi) is 5.36. The highest BCUT2D eigenvalue weighted by molar-refractivity contribution is 5.94. The lowest BCUT2D eigenvalue weighted by Gasteiger charge is -2.29. The Hall–Kier alpha value is -2.38. The molecule has 1 amide bonds. The molecule has 1 fully saturated rings. The number of carbonyl (C=O) groups excluding carboxylic acids is 1. The molecule has 1 atom stereocenters. The maximum Gasteiger partial charge on any atom is 0.226 e. The number of aromatic nitrogens is 2. The quantitative estimate of drug-likeness (QED) is 0.858. The standard InChI is InChI=1S/C22H30N4O3/c1-22(2,3)26-21-18(13-23-26)17(12-20(27)24-21)15-5-6-19(28-4)16(11-15)14-25-7-9-29-10-8-25/h5-6,11,13,17H,7-10,12,14H2,1-4H3,(H,24,27)/t17-/m1/s1. The van der Waals surface area contributed by atoms with E-state index in [4.69, 9.17) is 9.47 Å². The number of fused-ring (bicyclic) bond motifs is 1. The minimum atomic E-state index is -0.204. The van der Waals surface area contributed by atoms with Crippen LogP contribution in [0.4, 0.5) is 5.82 Å². The van der Waals surface area contributed by atoms with Crippen LogP contribution in [0.2, 0.25) is 0 Å². The first-order valence-corrected chi connectivity index (χ1v) is 10.2. The lowest BCUT2D eigenvalue weighted by atomic mass is 9.86. The first kappa shape index (κ1) is 19.9. The van der Waals surface area contributed by atoms with Crippen LogP contribution in [0.15, 0.2) is 24.4 Å². The Labute approximate surface area is 172 Å². The maximum atomic E-state index is 12.5. The second-order valence-corrected chi connectivity index (χ2v) is 8.80. The van der Waals surface area contributed by atoms with Gasteiger partial charge >= 0.3 is 0 Å². The van der Waals surface area contributed by atoms with Crippen LogP contribution in [0.3, 0.4) is 0 Å². The number of amides is 1. The molecule has 3 heterocycles. The predicted molar refractivity (Wildman–Crippen MR) is 111 cm³/mol. The van der Waals surface area contributed by atoms with Gasteiger partial charge in [0.15, 0.2) is 0 Å². The van der Waals surface area contributed by atoms with E-state index in [-0.39, 0.29) is 17.4 Å². The van der Waals surface area contributed by atoms with Crippen molar-refractivity contribution in [2.45, 2.75) is 45.2 Å². The molecule has 2 aliphatic rings. The van der Waals surface area contributed by atoms with Crippen molar-refractivity contribution in [2.75, 3.05) is 38.7 Å². The number of carbonyl (C=O) groups is 1. The van der Waals surface area contributed by atoms with Crippen molar-refractivity contribution in [2.24, 2.45) is 0 Å². The molecule has 7 heteroatoms. The summed E-state index contributed by atoms with van der Waals surface area (Å²) in [5.41, 5.74) is 3.13. The molecular weight excluding hydrogens is 368 g/mol. The molecule has 0 spiro atoms. The van der Waals surface area contributed by atoms with Crippen molar-refractivity contribution < 1.29 is 14.3 Å². The highest BCUT2D eigenvalue weighted by Gasteiger charge is 2.33. The monoisotopic (exact) mass is 398 g/mol. The minimum Gasteiger partial charge on any atom is -0.496 e. The van der Waals surface area contributed by atoms with Crippen molar-refractivity contribution in [3.8, 4) is 5.75 Å². The van der Waals surface area contributed by atoms with E-state index in [0.29, 0.717) is 6.42 Å². The Bertz CT molecular complexity index is 894. The molecule has 156 valence electrons. The number of methoxy groups -OCH3 is 1. The summed E-state index contributed by atoms with van der Waals surface area (Å²) in [4.78, 5) is 14.9. The number of ether oxygens (including phenoxy) is 2. The van der Waals surface area contributed by atoms with Crippen LogP contribution in [0.1, 0.15) is 49.8 Å². The molecule has 1 saturated heterocycles. The van der Waals surface area contributed by atoms with Gasteiger partial charge in [0.2, 0.25) is 5.91 Å². The van der Waals surface area contributed by atoms with Crippen molar-refractivity contribution >= 4 is 11.7 Å². The van der Waals surface area contributed by atoms with Gasteiger partial charge in [-0.15, -0.1) is 0 Å². The largest absolute Gasteiger partial charge is 0.496 e. The number of nitrogens with one attached hydrogen (secondary N) is 1. The number of hydrogen-bond donors (Lipinski definition) is 1. The molecule has 4 rings (SSSR count). The van der Waals surface area contributed by atoms with Gasteiger partial charge in [-0.05, 0) is 32.4 Å². The van der Waals surface area contributed by atoms with Gasteiger partial charge in [0.1, 0.15) is 11.6 Å². The van der Waals surface area contributed by atoms with E-state index in [9.17, 15) is 4.79 Å². The average Bonchev–Trinajstić information content (AvgIpc) is 3.12. The van der Waals surface area contributed by atoms with E-state index in [1.807, 2.05) is 16.9 Å². The van der Waals surface area contributed by atoms with E-state index in [1.54, 1.807) is 7.11 Å². The number of anilines is 1. The highest BCUT2D eigenvalue weighted by atomic mass is 16.5. The molecule has 2 aliphatic heterocycles. The molecule has 0 radical (unpaired) electrons. The van der Waals surface area contributed by atoms with Gasteiger partial charge in [-0.3, -0.25) is 9.69 Å². The molecule has 0 bridgehead atoms. The fourth-order valence-corrected chi connectivity index (χ4v) is 4.16. The summed E-state index contributed by atoms with van der Waals surface area (Å²) in [5.74, 6) is 1.71. The van der Waals surface area contributed by atoms with Crippen molar-refractivity contribution in [3.63, 3.8) is 0 Å². The zero-order valence-corrected chi connectivity index (χ0v) is 17.7. The number of nitrogens with zero attached hydrogens (tertiary/aromatic N) is 3. The number of hydrogen-bond acceptors (Lipinski definition) is 5. The molecule has 1 aromatic carbocycles. The van der Waals surface area contributed by atoms with Crippen LogP contribution in [-0.4, -0.2) is 54.0 Å². The zero-order valence-electron chi connectivity index (χ0n) is 17.7. The second kappa shape index (κ2) is 7.80. The van der Waals surface area contributed by atoms with Crippen LogP contribution in [0.5, 0.6) is 5.75 Å². The lowest BCUT2D eigenvalue weighted by Crippen LogP contribution is -2.35. The zero-order chi connectivity index (χ0) is 20.6. The molecule has 1 N–H and O–H groups in total. The van der Waals surface area contributed by atoms with Gasteiger partial charge in [0, 0.05) is 43.1 Å². The summed E-state index contributed by atoms with van der Waals surface area (Å²) in [6.07, 6.45) is 2.32. The average molecular weight is 399 g/mol. The minimum absolute atomic E-state index is 0.0100. The van der Waals surface area contributed by atoms with E-state index in [0.717, 1.165) is 61.1 Å². The summed E-state index contributed by atoms with van der Waals surface area (Å²) >= 11 is 0. The maximum absolute atomic E-state index is 12.5. The summed E-state index contributed by atoms with van der Waals surface area (Å²) in [5, 5.41) is 7.62. The molecule has 0 aliphatic carbocycles. The van der Waals surface area contributed by atoms with Gasteiger partial charge in [0.05, 0.1) is 32.1 Å². The predicted octanol–water partition coefficient (Wildman–Crippen LogP) is 2.95. The molecule has 0 unspecified atom stereocenters. The number of benzene rings is 1. The van der Waals surface area contributed by atoms with Crippen molar-refractivity contribution in [1.82, 2.24) is 14.7 Å². The summed E-state index contributed by atoms with van der Waals surface area (Å²) in [7, 11) is 1.71. The molecule has 29 heavy (non-hydrogen) atoms. The molecular formula is C22H30N4O3. The Morgan fingerprint density at radius 2 is 2.03 bits per heavy atom. The van der Waals surface area contributed by atoms with Gasteiger partial charge < -0.3 is 14.8 Å². The molecule has 0 saturated carbocycles. The van der Waals surface area contributed by atoms with Crippen LogP contribution >= 0.6 is 0 Å². The second-order valence-electron chi connectivity index (χ2n) is 8.80. The van der Waals surface area contributed by atoms with Crippen LogP contribution in [0.25, 0.3) is 0 Å². The molecule has 1 aromatic heterocycles. The Morgan fingerprint density at radius 3 is 2.72 bits per heavy atom. The van der Waals surface area contributed by atoms with Crippen LogP contribution < -0.4 is 10.1 Å². The Balaban J connectivity index is 1.69. The van der Waals surface area contributed by atoms with Gasteiger partial charge in [-0.2, -0.15) is 5.10 Å². The highest BCUT2D eigenvalue weighted by Crippen LogP contribution is 2.40. The lowest BCUT2D eigenvalue weighted by molar-refractivity contribution is -0.116. The van der Waals surface area contributed by atoms with E-state index >= 15 is 0 Å². The van der Waals surface area contributed by atoms with Crippen LogP contribution in [0, 0.1) is 0 Å². The normalized spacial score (nSPS) is 20.3. The van der Waals surface area contributed by atoms with Gasteiger partial charge in [-0.1, -0.05) is 12.1 Å². The van der Waals surface area contributed by atoms with E-state index < -0.39 is 0 Å². The Morgan fingerprint density at radius 1 is 1.28 bits per heavy atom. The first-order valence-electron chi connectivity index (χ1n) is 10.2. The fraction of sp³-hybridized carbons (Fsp3) is 0.545. The first-order chi connectivity index (χ1) is 13.9. The van der Waals surface area contributed by atoms with E-state index in [2.05, 4.69) is 48.2 Å². The third-order valence-electron chi connectivity index (χ3n) is 5.66. The summed E-state index contributed by atoms with van der Waals surface area (Å²) < 4.78 is 13.0. The van der Waals surface area contributed by atoms with E-state index in [1.165, 1.54) is 0 Å². The third-order valence-corrected chi connectivity index (χ3v) is 5.66. The smallest absolute Gasteiger partial charge is 0.226 e. The van der Waals surface area contributed by atoms with Crippen molar-refractivity contribution in [3.05, 3.63) is 41.1 Å². The fourth-order valence-electron chi connectivity index (χ4n) is 4.16. The van der Waals surface area contributed by atoms with Gasteiger partial charge in [0.25, 0.3) is 0 Å². The van der Waals surface area contributed by atoms with Gasteiger partial charge in [-0.25, -0.2) is 4.68 Å².